The summed E-state index contributed by atoms with van der Waals surface area (Å²) in [6.07, 6.45) is 9.63. The van der Waals surface area contributed by atoms with Crippen molar-refractivity contribution in [1.29, 1.82) is 0 Å². The van der Waals surface area contributed by atoms with Crippen LogP contribution < -0.4 is 0 Å². The van der Waals surface area contributed by atoms with Crippen LogP contribution in [0.4, 0.5) is 0 Å². The van der Waals surface area contributed by atoms with E-state index in [9.17, 15) is 4.79 Å². The predicted molar refractivity (Wildman–Crippen MR) is 93.4 cm³/mol. The molecule has 1 unspecified atom stereocenters. The summed E-state index contributed by atoms with van der Waals surface area (Å²) in [5.41, 5.74) is -0.706. The molecule has 4 bridgehead atoms. The van der Waals surface area contributed by atoms with E-state index in [1.165, 1.54) is 32.1 Å². The second kappa shape index (κ2) is 6.36. The highest BCUT2D eigenvalue weighted by molar-refractivity contribution is 5.87. The highest BCUT2D eigenvalue weighted by atomic mass is 17.2. The molecule has 0 aromatic carbocycles. The monoisotopic (exact) mass is 349 g/mol. The highest BCUT2D eigenvalue weighted by Gasteiger charge is 2.62. The summed E-state index contributed by atoms with van der Waals surface area (Å²) >= 11 is 0. The zero-order valence-electron chi connectivity index (χ0n) is 15.7. The lowest BCUT2D eigenvalue weighted by molar-refractivity contribution is -0.536. The van der Waals surface area contributed by atoms with Gasteiger partial charge in [0.05, 0.1) is 6.61 Å². The molecule has 4 saturated carbocycles. The lowest BCUT2D eigenvalue weighted by Gasteiger charge is -2.61. The number of ether oxygens (including phenoxy) is 1. The summed E-state index contributed by atoms with van der Waals surface area (Å²) in [7, 11) is 0. The smallest absolute Gasteiger partial charge is 0.246 e. The molecular weight excluding hydrogens is 318 g/mol. The van der Waals surface area contributed by atoms with Gasteiger partial charge < -0.3 is 9.64 Å². The topological polar surface area (TPSA) is 48.0 Å². The number of hydrogen-bond acceptors (Lipinski definition) is 4. The standard InChI is InChI=1S/C20H31NO4/c1-4-21(5-2)18(22)6-7-19(3)13-23-20(25-24-19)16-9-14-8-15(11-16)12-17(20)10-14/h6-7,14-17H,4-5,8-13H2,1-3H3/b7-6+. The average Bonchev–Trinajstić information content (AvgIpc) is 2.60. The first kappa shape index (κ1) is 17.5. The molecule has 0 aromatic rings. The molecule has 1 spiro atoms. The van der Waals surface area contributed by atoms with Crippen LogP contribution in [0, 0.1) is 23.7 Å². The Morgan fingerprint density at radius 3 is 2.12 bits per heavy atom. The second-order valence-corrected chi connectivity index (χ2v) is 8.64. The largest absolute Gasteiger partial charge is 0.343 e. The van der Waals surface area contributed by atoms with Crippen LogP contribution in [0.15, 0.2) is 12.2 Å². The summed E-state index contributed by atoms with van der Waals surface area (Å²) in [6.45, 7) is 7.74. The Hall–Kier alpha value is -0.910. The van der Waals surface area contributed by atoms with Crippen molar-refractivity contribution in [1.82, 2.24) is 4.90 Å². The van der Waals surface area contributed by atoms with E-state index >= 15 is 0 Å². The lowest BCUT2D eigenvalue weighted by atomic mass is 9.53. The average molecular weight is 349 g/mol. The van der Waals surface area contributed by atoms with E-state index in [0.29, 0.717) is 31.5 Å². The molecule has 0 N–H and O–H groups in total. The van der Waals surface area contributed by atoms with Crippen molar-refractivity contribution in [2.75, 3.05) is 19.7 Å². The molecule has 5 fully saturated rings. The van der Waals surface area contributed by atoms with Crippen LogP contribution in [0.25, 0.3) is 0 Å². The van der Waals surface area contributed by atoms with Crippen LogP contribution in [0.5, 0.6) is 0 Å². The van der Waals surface area contributed by atoms with E-state index in [1.807, 2.05) is 20.8 Å². The predicted octanol–water partition coefficient (Wildman–Crippen LogP) is 3.30. The number of likely N-dealkylation sites (N-methyl/N-ethyl adjacent to an activating group) is 1. The molecule has 5 aliphatic rings. The molecule has 5 rings (SSSR count). The first-order chi connectivity index (χ1) is 12.0. The van der Waals surface area contributed by atoms with Gasteiger partial charge in [-0.15, -0.1) is 0 Å². The van der Waals surface area contributed by atoms with Crippen LogP contribution >= 0.6 is 0 Å². The minimum absolute atomic E-state index is 0.00438. The Morgan fingerprint density at radius 2 is 1.64 bits per heavy atom. The number of carbonyl (C=O) groups is 1. The second-order valence-electron chi connectivity index (χ2n) is 8.64. The third-order valence-electron chi connectivity index (χ3n) is 6.88. The van der Waals surface area contributed by atoms with Crippen LogP contribution in [-0.4, -0.2) is 41.9 Å². The normalized spacial score (nSPS) is 45.4. The van der Waals surface area contributed by atoms with Gasteiger partial charge in [-0.05, 0) is 70.8 Å². The molecule has 1 atom stereocenters. The van der Waals surface area contributed by atoms with Crippen LogP contribution in [0.2, 0.25) is 0 Å². The zero-order valence-corrected chi connectivity index (χ0v) is 15.7. The number of rotatable bonds is 4. The van der Waals surface area contributed by atoms with Crippen LogP contribution in [-0.2, 0) is 19.3 Å². The van der Waals surface area contributed by atoms with E-state index in [0.717, 1.165) is 11.8 Å². The SMILES string of the molecule is CCN(CC)C(=O)/C=C/C1(C)COC2(OO1)C1CC3CC(C1)CC2C3. The summed E-state index contributed by atoms with van der Waals surface area (Å²) < 4.78 is 6.38. The third-order valence-corrected chi connectivity index (χ3v) is 6.88. The van der Waals surface area contributed by atoms with E-state index in [4.69, 9.17) is 14.5 Å². The molecule has 1 aliphatic heterocycles. The lowest BCUT2D eigenvalue weighted by Crippen LogP contribution is -2.64. The first-order valence-electron chi connectivity index (χ1n) is 9.97. The van der Waals surface area contributed by atoms with Crippen molar-refractivity contribution >= 4 is 5.91 Å². The third kappa shape index (κ3) is 2.94. The Bertz CT molecular complexity index is 516. The summed E-state index contributed by atoms with van der Waals surface area (Å²) in [5, 5.41) is 0. The molecule has 1 amide bonds. The molecule has 1 saturated heterocycles. The van der Waals surface area contributed by atoms with E-state index in [1.54, 1.807) is 17.1 Å². The van der Waals surface area contributed by atoms with Crippen LogP contribution in [0.1, 0.15) is 52.9 Å². The van der Waals surface area contributed by atoms with E-state index in [-0.39, 0.29) is 5.91 Å². The Morgan fingerprint density at radius 1 is 1.04 bits per heavy atom. The van der Waals surface area contributed by atoms with Gasteiger partial charge in [-0.2, -0.15) is 4.89 Å². The zero-order chi connectivity index (χ0) is 17.7. The van der Waals surface area contributed by atoms with E-state index in [2.05, 4.69) is 0 Å². The summed E-state index contributed by atoms with van der Waals surface area (Å²) in [6, 6.07) is 0. The minimum atomic E-state index is -0.706. The molecule has 5 nitrogen and oxygen atoms in total. The number of hydrogen-bond donors (Lipinski definition) is 0. The van der Waals surface area contributed by atoms with Gasteiger partial charge in [0.15, 0.2) is 0 Å². The molecule has 140 valence electrons. The highest BCUT2D eigenvalue weighted by Crippen LogP contribution is 2.61. The first-order valence-corrected chi connectivity index (χ1v) is 9.97. The molecule has 0 aromatic heterocycles. The molecule has 25 heavy (non-hydrogen) atoms. The van der Waals surface area contributed by atoms with Crippen molar-refractivity contribution in [3.8, 4) is 0 Å². The van der Waals surface area contributed by atoms with Crippen molar-refractivity contribution in [2.45, 2.75) is 64.3 Å². The maximum atomic E-state index is 12.2. The molecule has 0 radical (unpaired) electrons. The van der Waals surface area contributed by atoms with Gasteiger partial charge in [-0.3, -0.25) is 4.79 Å². The maximum absolute atomic E-state index is 12.2. The van der Waals surface area contributed by atoms with Crippen molar-refractivity contribution in [3.05, 3.63) is 12.2 Å². The summed E-state index contributed by atoms with van der Waals surface area (Å²) in [5.74, 6) is 2.12. The van der Waals surface area contributed by atoms with Gasteiger partial charge in [0, 0.05) is 31.0 Å². The number of amides is 1. The van der Waals surface area contributed by atoms with Crippen molar-refractivity contribution in [2.24, 2.45) is 23.7 Å². The van der Waals surface area contributed by atoms with Crippen molar-refractivity contribution in [3.63, 3.8) is 0 Å². The fourth-order valence-corrected chi connectivity index (χ4v) is 5.64. The minimum Gasteiger partial charge on any atom is -0.343 e. The summed E-state index contributed by atoms with van der Waals surface area (Å²) in [4.78, 5) is 25.8. The fraction of sp³-hybridized carbons (Fsp3) is 0.850. The molecule has 5 heteroatoms. The van der Waals surface area contributed by atoms with Gasteiger partial charge in [0.1, 0.15) is 5.60 Å². The van der Waals surface area contributed by atoms with Gasteiger partial charge in [0.2, 0.25) is 11.7 Å². The van der Waals surface area contributed by atoms with Crippen molar-refractivity contribution < 1.29 is 19.3 Å². The molecule has 1 heterocycles. The van der Waals surface area contributed by atoms with Crippen LogP contribution in [0.3, 0.4) is 0 Å². The Kier molecular flexibility index (Phi) is 4.45. The Labute approximate surface area is 150 Å². The fourth-order valence-electron chi connectivity index (χ4n) is 5.64. The maximum Gasteiger partial charge on any atom is 0.246 e. The Balaban J connectivity index is 1.42. The van der Waals surface area contributed by atoms with Gasteiger partial charge in [-0.25, -0.2) is 4.89 Å². The quantitative estimate of drug-likeness (QED) is 0.577. The molecular formula is C20H31NO4. The molecule has 4 aliphatic carbocycles. The van der Waals surface area contributed by atoms with Gasteiger partial charge in [-0.1, -0.05) is 0 Å². The van der Waals surface area contributed by atoms with Gasteiger partial charge in [0.25, 0.3) is 0 Å². The van der Waals surface area contributed by atoms with Gasteiger partial charge >= 0.3 is 0 Å². The number of carbonyl (C=O) groups excluding carboxylic acids is 1. The number of nitrogens with zero attached hydrogens (tertiary/aromatic N) is 1. The van der Waals surface area contributed by atoms with E-state index < -0.39 is 11.4 Å².